The predicted octanol–water partition coefficient (Wildman–Crippen LogP) is 1.87. The zero-order valence-electron chi connectivity index (χ0n) is 11.7. The van der Waals surface area contributed by atoms with E-state index in [1.54, 1.807) is 0 Å². The molecule has 108 valence electrons. The number of hydrogen-bond acceptors (Lipinski definition) is 5. The van der Waals surface area contributed by atoms with Gasteiger partial charge in [-0.1, -0.05) is 0 Å². The second kappa shape index (κ2) is 8.61. The smallest absolute Gasteiger partial charge is 0.144 e. The van der Waals surface area contributed by atoms with Gasteiger partial charge in [0.15, 0.2) is 0 Å². The van der Waals surface area contributed by atoms with Crippen LogP contribution in [0.2, 0.25) is 0 Å². The fraction of sp³-hybridized carbons (Fsp3) is 0.571. The summed E-state index contributed by atoms with van der Waals surface area (Å²) < 4.78 is 10.8. The molecule has 0 aromatic heterocycles. The number of aliphatic hydroxyl groups excluding tert-OH is 1. The van der Waals surface area contributed by atoms with Crippen LogP contribution < -0.4 is 15.8 Å². The number of ether oxygens (including phenoxy) is 2. The van der Waals surface area contributed by atoms with E-state index in [2.05, 4.69) is 5.32 Å². The Morgan fingerprint density at radius 1 is 1.32 bits per heavy atom. The second-order valence-electron chi connectivity index (χ2n) is 4.54. The van der Waals surface area contributed by atoms with Crippen molar-refractivity contribution >= 4 is 11.4 Å². The van der Waals surface area contributed by atoms with Crippen LogP contribution in [0.5, 0.6) is 5.75 Å². The summed E-state index contributed by atoms with van der Waals surface area (Å²) in [7, 11) is 0. The van der Waals surface area contributed by atoms with Gasteiger partial charge in [-0.05, 0) is 32.4 Å². The van der Waals surface area contributed by atoms with Crippen LogP contribution in [0.15, 0.2) is 18.2 Å². The van der Waals surface area contributed by atoms with Crippen molar-refractivity contribution in [2.24, 2.45) is 0 Å². The lowest BCUT2D eigenvalue weighted by molar-refractivity contribution is 0.0922. The highest BCUT2D eigenvalue weighted by molar-refractivity contribution is 5.61. The molecular weight excluding hydrogens is 244 g/mol. The van der Waals surface area contributed by atoms with Crippen molar-refractivity contribution in [1.29, 1.82) is 0 Å². The lowest BCUT2D eigenvalue weighted by Gasteiger charge is -2.14. The molecule has 4 N–H and O–H groups in total. The van der Waals surface area contributed by atoms with Gasteiger partial charge in [0.2, 0.25) is 0 Å². The summed E-state index contributed by atoms with van der Waals surface area (Å²) >= 11 is 0. The molecule has 0 aliphatic rings. The number of hydrogen-bond donors (Lipinski definition) is 3. The largest absolute Gasteiger partial charge is 0.489 e. The molecule has 0 fully saturated rings. The summed E-state index contributed by atoms with van der Waals surface area (Å²) in [5.74, 6) is 0.705. The minimum atomic E-state index is 0.0707. The van der Waals surface area contributed by atoms with Gasteiger partial charge in [0.05, 0.1) is 25.0 Å². The maximum atomic E-state index is 8.56. The van der Waals surface area contributed by atoms with Crippen molar-refractivity contribution < 1.29 is 14.6 Å². The Bertz CT molecular complexity index is 370. The first-order valence-electron chi connectivity index (χ1n) is 6.62. The van der Waals surface area contributed by atoms with Crippen molar-refractivity contribution in [1.82, 2.24) is 0 Å². The van der Waals surface area contributed by atoms with E-state index in [-0.39, 0.29) is 12.7 Å². The molecule has 1 rings (SSSR count). The van der Waals surface area contributed by atoms with E-state index < -0.39 is 0 Å². The van der Waals surface area contributed by atoms with E-state index in [4.69, 9.17) is 20.3 Å². The molecule has 0 atom stereocenters. The highest BCUT2D eigenvalue weighted by Crippen LogP contribution is 2.26. The maximum Gasteiger partial charge on any atom is 0.144 e. The molecule has 5 heteroatoms. The Kier molecular flexibility index (Phi) is 7.07. The van der Waals surface area contributed by atoms with E-state index >= 15 is 0 Å². The Morgan fingerprint density at radius 3 is 2.79 bits per heavy atom. The van der Waals surface area contributed by atoms with E-state index in [1.807, 2.05) is 32.0 Å². The van der Waals surface area contributed by atoms with Crippen LogP contribution in [0.4, 0.5) is 11.4 Å². The van der Waals surface area contributed by atoms with E-state index in [0.29, 0.717) is 24.7 Å². The van der Waals surface area contributed by atoms with E-state index in [1.165, 1.54) is 0 Å². The molecule has 0 amide bonds. The Hall–Kier alpha value is -1.46. The van der Waals surface area contributed by atoms with Gasteiger partial charge >= 0.3 is 0 Å². The summed E-state index contributed by atoms with van der Waals surface area (Å²) in [5, 5.41) is 11.8. The van der Waals surface area contributed by atoms with Crippen molar-refractivity contribution in [3.63, 3.8) is 0 Å². The van der Waals surface area contributed by atoms with Gasteiger partial charge in [0.1, 0.15) is 5.75 Å². The lowest BCUT2D eigenvalue weighted by atomic mass is 10.2. The van der Waals surface area contributed by atoms with Gasteiger partial charge in [-0.25, -0.2) is 0 Å². The first-order chi connectivity index (χ1) is 9.13. The second-order valence-corrected chi connectivity index (χ2v) is 4.54. The third-order valence-corrected chi connectivity index (χ3v) is 2.41. The molecule has 0 radical (unpaired) electrons. The topological polar surface area (TPSA) is 76.7 Å². The van der Waals surface area contributed by atoms with Gasteiger partial charge in [0, 0.05) is 24.9 Å². The van der Waals surface area contributed by atoms with Crippen LogP contribution >= 0.6 is 0 Å². The molecule has 0 unspecified atom stereocenters. The Morgan fingerprint density at radius 2 is 2.11 bits per heavy atom. The van der Waals surface area contributed by atoms with Crippen LogP contribution in [0.3, 0.4) is 0 Å². The molecule has 0 aliphatic heterocycles. The summed E-state index contributed by atoms with van der Waals surface area (Å²) in [5.41, 5.74) is 7.47. The molecule has 0 heterocycles. The summed E-state index contributed by atoms with van der Waals surface area (Å²) in [6, 6.07) is 5.67. The SMILES string of the molecule is CC(C)Oc1cc(NCCCOCCO)ccc1N. The van der Waals surface area contributed by atoms with Crippen LogP contribution in [0, 0.1) is 0 Å². The van der Waals surface area contributed by atoms with E-state index in [9.17, 15) is 0 Å². The normalized spacial score (nSPS) is 10.7. The zero-order valence-corrected chi connectivity index (χ0v) is 11.7. The molecule has 19 heavy (non-hydrogen) atoms. The van der Waals surface area contributed by atoms with E-state index in [0.717, 1.165) is 18.7 Å². The number of aliphatic hydroxyl groups is 1. The molecular formula is C14H24N2O3. The molecule has 0 bridgehead atoms. The standard InChI is InChI=1S/C14H24N2O3/c1-11(2)19-14-10-12(4-5-13(14)15)16-6-3-8-18-9-7-17/h4-5,10-11,16-17H,3,6-9,15H2,1-2H3. The maximum absolute atomic E-state index is 8.56. The summed E-state index contributed by atoms with van der Waals surface area (Å²) in [6.07, 6.45) is 0.981. The number of anilines is 2. The van der Waals surface area contributed by atoms with Gasteiger partial charge < -0.3 is 25.6 Å². The summed E-state index contributed by atoms with van der Waals surface area (Å²) in [4.78, 5) is 0. The van der Waals surface area contributed by atoms with Gasteiger partial charge in [-0.3, -0.25) is 0 Å². The minimum absolute atomic E-state index is 0.0707. The van der Waals surface area contributed by atoms with Crippen LogP contribution in [0.1, 0.15) is 20.3 Å². The first-order valence-corrected chi connectivity index (χ1v) is 6.62. The fourth-order valence-corrected chi connectivity index (χ4v) is 1.57. The molecule has 0 spiro atoms. The number of nitrogen functional groups attached to an aromatic ring is 1. The number of nitrogens with two attached hydrogens (primary N) is 1. The molecule has 0 saturated carbocycles. The quantitative estimate of drug-likeness (QED) is 0.471. The summed E-state index contributed by atoms with van der Waals surface area (Å²) in [6.45, 7) is 5.85. The first kappa shape index (κ1) is 15.6. The highest BCUT2D eigenvalue weighted by Gasteiger charge is 2.04. The van der Waals surface area contributed by atoms with Crippen LogP contribution in [-0.4, -0.2) is 37.6 Å². The Labute approximate surface area is 114 Å². The van der Waals surface area contributed by atoms with Gasteiger partial charge in [-0.15, -0.1) is 0 Å². The van der Waals surface area contributed by atoms with Crippen molar-refractivity contribution in [2.75, 3.05) is 37.4 Å². The monoisotopic (exact) mass is 268 g/mol. The molecule has 1 aromatic carbocycles. The third kappa shape index (κ3) is 6.31. The van der Waals surface area contributed by atoms with Crippen molar-refractivity contribution in [2.45, 2.75) is 26.4 Å². The van der Waals surface area contributed by atoms with Crippen LogP contribution in [-0.2, 0) is 4.74 Å². The molecule has 0 aliphatic carbocycles. The Balaban J connectivity index is 2.37. The number of rotatable bonds is 9. The minimum Gasteiger partial charge on any atom is -0.489 e. The molecule has 1 aromatic rings. The predicted molar refractivity (Wildman–Crippen MR) is 77.6 cm³/mol. The average molecular weight is 268 g/mol. The molecule has 5 nitrogen and oxygen atoms in total. The van der Waals surface area contributed by atoms with Crippen molar-refractivity contribution in [3.8, 4) is 5.75 Å². The highest BCUT2D eigenvalue weighted by atomic mass is 16.5. The average Bonchev–Trinajstić information content (AvgIpc) is 2.37. The molecule has 0 saturated heterocycles. The van der Waals surface area contributed by atoms with Gasteiger partial charge in [0.25, 0.3) is 0 Å². The lowest BCUT2D eigenvalue weighted by Crippen LogP contribution is -2.09. The van der Waals surface area contributed by atoms with Gasteiger partial charge in [-0.2, -0.15) is 0 Å². The van der Waals surface area contributed by atoms with Crippen LogP contribution in [0.25, 0.3) is 0 Å². The van der Waals surface area contributed by atoms with Crippen molar-refractivity contribution in [3.05, 3.63) is 18.2 Å². The number of benzene rings is 1. The zero-order chi connectivity index (χ0) is 14.1. The fourth-order valence-electron chi connectivity index (χ4n) is 1.57. The third-order valence-electron chi connectivity index (χ3n) is 2.41. The number of nitrogens with one attached hydrogen (secondary N) is 1.